The van der Waals surface area contributed by atoms with E-state index in [1.54, 1.807) is 0 Å². The van der Waals surface area contributed by atoms with Gasteiger partial charge in [0.2, 0.25) is 0 Å². The predicted molar refractivity (Wildman–Crippen MR) is 130 cm³/mol. The Morgan fingerprint density at radius 3 is 2.06 bits per heavy atom. The van der Waals surface area contributed by atoms with E-state index in [2.05, 4.69) is 43.3 Å². The molecule has 0 aliphatic carbocycles. The van der Waals surface area contributed by atoms with Crippen molar-refractivity contribution in [3.63, 3.8) is 0 Å². The Morgan fingerprint density at radius 2 is 1.53 bits per heavy atom. The van der Waals surface area contributed by atoms with Crippen molar-refractivity contribution in [2.75, 3.05) is 6.61 Å². The molecule has 0 amide bonds. The standard InChI is InChI=1S/C29H29F2NO2/c1-2-3-4-5-21-6-10-24(11-7-21)25-12-8-22(9-13-25)16-23(20-33)14-15-34-26-17-28(30)27(19-32)29(31)18-26/h6-13,17-18,20,23H,2-5,14-16H2,1H3. The van der Waals surface area contributed by atoms with Gasteiger partial charge >= 0.3 is 0 Å². The molecule has 176 valence electrons. The van der Waals surface area contributed by atoms with E-state index in [1.807, 2.05) is 12.1 Å². The number of carbonyl (C=O) groups is 1. The normalized spacial score (nSPS) is 11.6. The molecule has 0 heterocycles. The van der Waals surface area contributed by atoms with Crippen LogP contribution in [-0.2, 0) is 17.6 Å². The Hall–Kier alpha value is -3.52. The molecule has 0 radical (unpaired) electrons. The smallest absolute Gasteiger partial charge is 0.147 e. The second-order valence-corrected chi connectivity index (χ2v) is 8.46. The largest absolute Gasteiger partial charge is 0.493 e. The summed E-state index contributed by atoms with van der Waals surface area (Å²) in [5.74, 6) is -2.20. The van der Waals surface area contributed by atoms with Crippen LogP contribution in [0.3, 0.4) is 0 Å². The molecule has 0 spiro atoms. The number of nitriles is 1. The summed E-state index contributed by atoms with van der Waals surface area (Å²) in [5.41, 5.74) is 4.04. The molecule has 0 saturated carbocycles. The minimum Gasteiger partial charge on any atom is -0.493 e. The summed E-state index contributed by atoms with van der Waals surface area (Å²) < 4.78 is 32.8. The first kappa shape index (κ1) is 25.1. The van der Waals surface area contributed by atoms with Gasteiger partial charge in [-0.2, -0.15) is 5.26 Å². The zero-order chi connectivity index (χ0) is 24.3. The molecule has 3 aromatic carbocycles. The fourth-order valence-corrected chi connectivity index (χ4v) is 3.87. The van der Waals surface area contributed by atoms with Crippen molar-refractivity contribution in [2.24, 2.45) is 5.92 Å². The number of aryl methyl sites for hydroxylation is 1. The zero-order valence-electron chi connectivity index (χ0n) is 19.4. The predicted octanol–water partition coefficient (Wildman–Crippen LogP) is 7.06. The van der Waals surface area contributed by atoms with Crippen LogP contribution in [0.5, 0.6) is 5.75 Å². The number of nitrogens with zero attached hydrogens (tertiary/aromatic N) is 1. The number of carbonyl (C=O) groups excluding carboxylic acids is 1. The molecule has 0 aromatic heterocycles. The average Bonchev–Trinajstić information content (AvgIpc) is 2.84. The first-order valence-electron chi connectivity index (χ1n) is 11.7. The molecule has 0 aliphatic heterocycles. The van der Waals surface area contributed by atoms with E-state index in [1.165, 1.54) is 30.9 Å². The van der Waals surface area contributed by atoms with Crippen LogP contribution < -0.4 is 4.74 Å². The Morgan fingerprint density at radius 1 is 0.941 bits per heavy atom. The summed E-state index contributed by atoms with van der Waals surface area (Å²) in [7, 11) is 0. The molecular formula is C29H29F2NO2. The Kier molecular flexibility index (Phi) is 9.34. The van der Waals surface area contributed by atoms with Gasteiger partial charge in [-0.15, -0.1) is 0 Å². The zero-order valence-corrected chi connectivity index (χ0v) is 19.4. The van der Waals surface area contributed by atoms with Gasteiger partial charge in [0.15, 0.2) is 0 Å². The van der Waals surface area contributed by atoms with Crippen molar-refractivity contribution in [3.05, 3.63) is 89.0 Å². The van der Waals surface area contributed by atoms with E-state index in [4.69, 9.17) is 10.00 Å². The lowest BCUT2D eigenvalue weighted by Gasteiger charge is -2.13. The van der Waals surface area contributed by atoms with Crippen LogP contribution in [0.4, 0.5) is 8.78 Å². The van der Waals surface area contributed by atoms with E-state index in [9.17, 15) is 13.6 Å². The van der Waals surface area contributed by atoms with Crippen LogP contribution in [0, 0.1) is 28.9 Å². The number of aldehydes is 1. The van der Waals surface area contributed by atoms with Gasteiger partial charge in [-0.05, 0) is 47.9 Å². The number of benzene rings is 3. The number of ether oxygens (including phenoxy) is 1. The Labute approximate surface area is 200 Å². The number of hydrogen-bond acceptors (Lipinski definition) is 3. The van der Waals surface area contributed by atoms with Crippen LogP contribution in [0.25, 0.3) is 11.1 Å². The topological polar surface area (TPSA) is 50.1 Å². The van der Waals surface area contributed by atoms with Crippen LogP contribution in [0.15, 0.2) is 60.7 Å². The molecule has 0 saturated heterocycles. The van der Waals surface area contributed by atoms with Crippen molar-refractivity contribution in [3.8, 4) is 22.9 Å². The molecule has 0 fully saturated rings. The molecule has 0 bridgehead atoms. The van der Waals surface area contributed by atoms with Crippen molar-refractivity contribution >= 4 is 6.29 Å². The van der Waals surface area contributed by atoms with E-state index >= 15 is 0 Å². The van der Waals surface area contributed by atoms with Gasteiger partial charge in [-0.1, -0.05) is 68.3 Å². The third kappa shape index (κ3) is 6.99. The highest BCUT2D eigenvalue weighted by atomic mass is 19.1. The maximum atomic E-state index is 13.7. The number of hydrogen-bond donors (Lipinski definition) is 0. The van der Waals surface area contributed by atoms with Gasteiger partial charge in [-0.25, -0.2) is 8.78 Å². The van der Waals surface area contributed by atoms with Gasteiger partial charge in [0.1, 0.15) is 35.3 Å². The minimum absolute atomic E-state index is 0.000570. The van der Waals surface area contributed by atoms with Gasteiger partial charge in [0.05, 0.1) is 6.61 Å². The van der Waals surface area contributed by atoms with E-state index in [0.29, 0.717) is 12.8 Å². The third-order valence-corrected chi connectivity index (χ3v) is 5.89. The monoisotopic (exact) mass is 461 g/mol. The summed E-state index contributed by atoms with van der Waals surface area (Å²) in [4.78, 5) is 11.5. The highest BCUT2D eigenvalue weighted by Gasteiger charge is 2.13. The molecule has 3 nitrogen and oxygen atoms in total. The molecule has 0 aliphatic rings. The van der Waals surface area contributed by atoms with E-state index in [0.717, 1.165) is 41.5 Å². The Balaban J connectivity index is 1.52. The fourth-order valence-electron chi connectivity index (χ4n) is 3.87. The second-order valence-electron chi connectivity index (χ2n) is 8.46. The molecule has 3 rings (SSSR count). The van der Waals surface area contributed by atoms with E-state index < -0.39 is 17.2 Å². The van der Waals surface area contributed by atoms with Crippen molar-refractivity contribution in [1.29, 1.82) is 5.26 Å². The first-order chi connectivity index (χ1) is 16.5. The lowest BCUT2D eigenvalue weighted by atomic mass is 9.95. The average molecular weight is 462 g/mol. The molecule has 5 heteroatoms. The lowest BCUT2D eigenvalue weighted by molar-refractivity contribution is -0.111. The van der Waals surface area contributed by atoms with Gasteiger partial charge in [-0.3, -0.25) is 0 Å². The van der Waals surface area contributed by atoms with Crippen LogP contribution in [0.1, 0.15) is 49.3 Å². The summed E-state index contributed by atoms with van der Waals surface area (Å²) in [6.07, 6.45) is 6.65. The highest BCUT2D eigenvalue weighted by Crippen LogP contribution is 2.23. The molecular weight excluding hydrogens is 432 g/mol. The number of unbranched alkanes of at least 4 members (excludes halogenated alkanes) is 2. The minimum atomic E-state index is -0.962. The fraction of sp³-hybridized carbons (Fsp3) is 0.310. The van der Waals surface area contributed by atoms with Crippen molar-refractivity contribution in [2.45, 2.75) is 45.4 Å². The highest BCUT2D eigenvalue weighted by molar-refractivity contribution is 5.64. The quantitative estimate of drug-likeness (QED) is 0.214. The third-order valence-electron chi connectivity index (χ3n) is 5.89. The van der Waals surface area contributed by atoms with Gasteiger partial charge in [0.25, 0.3) is 0 Å². The number of rotatable bonds is 12. The summed E-state index contributed by atoms with van der Waals surface area (Å²) in [6, 6.07) is 20.3. The van der Waals surface area contributed by atoms with Gasteiger partial charge in [0, 0.05) is 18.1 Å². The van der Waals surface area contributed by atoms with E-state index in [-0.39, 0.29) is 18.3 Å². The molecule has 0 N–H and O–H groups in total. The van der Waals surface area contributed by atoms with Crippen molar-refractivity contribution in [1.82, 2.24) is 0 Å². The molecule has 1 unspecified atom stereocenters. The summed E-state index contributed by atoms with van der Waals surface area (Å²) >= 11 is 0. The summed E-state index contributed by atoms with van der Waals surface area (Å²) in [5, 5.41) is 8.73. The van der Waals surface area contributed by atoms with Gasteiger partial charge < -0.3 is 9.53 Å². The maximum absolute atomic E-state index is 13.7. The second kappa shape index (κ2) is 12.6. The molecule has 1 atom stereocenters. The van der Waals surface area contributed by atoms with Crippen LogP contribution >= 0.6 is 0 Å². The number of halogens is 2. The maximum Gasteiger partial charge on any atom is 0.147 e. The molecule has 3 aromatic rings. The molecule has 34 heavy (non-hydrogen) atoms. The SMILES string of the molecule is CCCCCc1ccc(-c2ccc(CC(C=O)CCOc3cc(F)c(C#N)c(F)c3)cc2)cc1. The lowest BCUT2D eigenvalue weighted by Crippen LogP contribution is -2.11. The summed E-state index contributed by atoms with van der Waals surface area (Å²) in [6.45, 7) is 2.34. The first-order valence-corrected chi connectivity index (χ1v) is 11.7. The van der Waals surface area contributed by atoms with Crippen LogP contribution in [-0.4, -0.2) is 12.9 Å². The van der Waals surface area contributed by atoms with Crippen molar-refractivity contribution < 1.29 is 18.3 Å². The Bertz CT molecular complexity index is 1100. The van der Waals surface area contributed by atoms with Crippen LogP contribution in [0.2, 0.25) is 0 Å².